The first-order valence-electron chi connectivity index (χ1n) is 5.28. The van der Waals surface area contributed by atoms with Crippen LogP contribution in [0, 0.1) is 0 Å². The van der Waals surface area contributed by atoms with Crippen LogP contribution in [0.3, 0.4) is 0 Å². The molecule has 4 heteroatoms. The number of halogens is 1. The fraction of sp³-hybridized carbons (Fsp3) is 0.500. The molecule has 1 N–H and O–H groups in total. The first-order chi connectivity index (χ1) is 7.81. The van der Waals surface area contributed by atoms with Crippen LogP contribution >= 0.6 is 11.6 Å². The molecule has 0 saturated carbocycles. The summed E-state index contributed by atoms with van der Waals surface area (Å²) in [7, 11) is 1.60. The largest absolute Gasteiger partial charge is 0.493 e. The van der Waals surface area contributed by atoms with Gasteiger partial charge in [0.1, 0.15) is 0 Å². The van der Waals surface area contributed by atoms with Crippen LogP contribution in [0.2, 0.25) is 0 Å². The van der Waals surface area contributed by atoms with Gasteiger partial charge in [-0.2, -0.15) is 0 Å². The minimum Gasteiger partial charge on any atom is -0.493 e. The van der Waals surface area contributed by atoms with Crippen LogP contribution in [0.15, 0.2) is 18.2 Å². The Labute approximate surface area is 101 Å². The number of methoxy groups -OCH3 is 1. The number of alkyl halides is 1. The van der Waals surface area contributed by atoms with Crippen molar-refractivity contribution >= 4 is 11.6 Å². The van der Waals surface area contributed by atoms with Gasteiger partial charge in [-0.15, -0.1) is 11.6 Å². The molecule has 1 rings (SSSR count). The quantitative estimate of drug-likeness (QED) is 0.591. The SMILES string of the molecule is COc1cc(CCO)ccc1OCCCCl. The van der Waals surface area contributed by atoms with Gasteiger partial charge in [-0.3, -0.25) is 0 Å². The Morgan fingerprint density at radius 1 is 1.31 bits per heavy atom. The second-order valence-electron chi connectivity index (χ2n) is 3.35. The van der Waals surface area contributed by atoms with E-state index in [1.54, 1.807) is 7.11 Å². The molecule has 0 aliphatic rings. The van der Waals surface area contributed by atoms with Gasteiger partial charge in [0.05, 0.1) is 13.7 Å². The third-order valence-corrected chi connectivity index (χ3v) is 2.43. The maximum absolute atomic E-state index is 8.84. The standard InChI is InChI=1S/C12H17ClO3/c1-15-12-9-10(5-7-14)3-4-11(12)16-8-2-6-13/h3-4,9,14H,2,5-8H2,1H3. The van der Waals surface area contributed by atoms with Crippen LogP contribution < -0.4 is 9.47 Å². The van der Waals surface area contributed by atoms with E-state index in [1.165, 1.54) is 0 Å². The maximum atomic E-state index is 8.84. The highest BCUT2D eigenvalue weighted by molar-refractivity contribution is 6.17. The van der Waals surface area contributed by atoms with Crippen molar-refractivity contribution in [2.75, 3.05) is 26.2 Å². The van der Waals surface area contributed by atoms with Crippen LogP contribution in [0.4, 0.5) is 0 Å². The average molecular weight is 245 g/mol. The molecule has 0 radical (unpaired) electrons. The fourth-order valence-corrected chi connectivity index (χ4v) is 1.46. The molecule has 3 nitrogen and oxygen atoms in total. The lowest BCUT2D eigenvalue weighted by Crippen LogP contribution is -2.00. The van der Waals surface area contributed by atoms with Gasteiger partial charge in [-0.05, 0) is 30.5 Å². The molecule has 16 heavy (non-hydrogen) atoms. The summed E-state index contributed by atoms with van der Waals surface area (Å²) in [6.07, 6.45) is 1.43. The van der Waals surface area contributed by atoms with Crippen molar-refractivity contribution in [3.05, 3.63) is 23.8 Å². The molecular weight excluding hydrogens is 228 g/mol. The summed E-state index contributed by atoms with van der Waals surface area (Å²) in [6, 6.07) is 5.67. The summed E-state index contributed by atoms with van der Waals surface area (Å²) in [6.45, 7) is 0.717. The lowest BCUT2D eigenvalue weighted by atomic mass is 10.1. The molecule has 1 aromatic carbocycles. The van der Waals surface area contributed by atoms with Crippen molar-refractivity contribution in [3.63, 3.8) is 0 Å². The van der Waals surface area contributed by atoms with Crippen LogP contribution in [0.1, 0.15) is 12.0 Å². The molecule has 0 aromatic heterocycles. The predicted octanol–water partition coefficient (Wildman–Crippen LogP) is 2.24. The van der Waals surface area contributed by atoms with E-state index >= 15 is 0 Å². The van der Waals surface area contributed by atoms with Crippen molar-refractivity contribution in [3.8, 4) is 11.5 Å². The topological polar surface area (TPSA) is 38.7 Å². The Balaban J connectivity index is 2.68. The summed E-state index contributed by atoms with van der Waals surface area (Å²) in [5, 5.41) is 8.84. The molecule has 90 valence electrons. The Morgan fingerprint density at radius 2 is 2.12 bits per heavy atom. The van der Waals surface area contributed by atoms with Gasteiger partial charge in [-0.25, -0.2) is 0 Å². The van der Waals surface area contributed by atoms with Gasteiger partial charge in [0.25, 0.3) is 0 Å². The van der Waals surface area contributed by atoms with E-state index in [0.29, 0.717) is 30.4 Å². The highest BCUT2D eigenvalue weighted by atomic mass is 35.5. The summed E-state index contributed by atoms with van der Waals surface area (Å²) in [5.41, 5.74) is 1.03. The third-order valence-electron chi connectivity index (χ3n) is 2.16. The van der Waals surface area contributed by atoms with Crippen molar-refractivity contribution < 1.29 is 14.6 Å². The van der Waals surface area contributed by atoms with Crippen LogP contribution in [0.5, 0.6) is 11.5 Å². The Morgan fingerprint density at radius 3 is 2.75 bits per heavy atom. The summed E-state index contributed by atoms with van der Waals surface area (Å²) < 4.78 is 10.8. The first kappa shape index (κ1) is 13.1. The zero-order chi connectivity index (χ0) is 11.8. The number of ether oxygens (including phenoxy) is 2. The lowest BCUT2D eigenvalue weighted by molar-refractivity contribution is 0.292. The van der Waals surface area contributed by atoms with Gasteiger partial charge in [-0.1, -0.05) is 6.07 Å². The number of aliphatic hydroxyl groups is 1. The number of aliphatic hydroxyl groups excluding tert-OH is 1. The highest BCUT2D eigenvalue weighted by Crippen LogP contribution is 2.28. The van der Waals surface area contributed by atoms with E-state index in [4.69, 9.17) is 26.2 Å². The number of hydrogen-bond acceptors (Lipinski definition) is 3. The molecule has 0 heterocycles. The second-order valence-corrected chi connectivity index (χ2v) is 3.73. The van der Waals surface area contributed by atoms with E-state index in [-0.39, 0.29) is 6.61 Å². The zero-order valence-corrected chi connectivity index (χ0v) is 10.2. The molecule has 0 aliphatic heterocycles. The number of benzene rings is 1. The van der Waals surface area contributed by atoms with Gasteiger partial charge in [0.2, 0.25) is 0 Å². The molecular formula is C12H17ClO3. The van der Waals surface area contributed by atoms with E-state index in [1.807, 2.05) is 18.2 Å². The number of hydrogen-bond donors (Lipinski definition) is 1. The van der Waals surface area contributed by atoms with Crippen molar-refractivity contribution in [1.82, 2.24) is 0 Å². The predicted molar refractivity (Wildman–Crippen MR) is 64.6 cm³/mol. The van der Waals surface area contributed by atoms with E-state index in [9.17, 15) is 0 Å². The summed E-state index contributed by atoms with van der Waals surface area (Å²) in [4.78, 5) is 0. The highest BCUT2D eigenvalue weighted by Gasteiger charge is 2.05. The second kappa shape index (κ2) is 7.36. The van der Waals surface area contributed by atoms with Gasteiger partial charge >= 0.3 is 0 Å². The Bertz CT molecular complexity index is 315. The minimum atomic E-state index is 0.135. The molecule has 0 fully saturated rings. The molecule has 0 unspecified atom stereocenters. The molecule has 0 aliphatic carbocycles. The molecule has 0 spiro atoms. The molecule has 0 atom stereocenters. The Kier molecular flexibility index (Phi) is 6.04. The normalized spacial score (nSPS) is 10.2. The van der Waals surface area contributed by atoms with Crippen LogP contribution in [-0.4, -0.2) is 31.3 Å². The average Bonchev–Trinajstić information content (AvgIpc) is 2.31. The lowest BCUT2D eigenvalue weighted by Gasteiger charge is -2.11. The van der Waals surface area contributed by atoms with Crippen LogP contribution in [0.25, 0.3) is 0 Å². The zero-order valence-electron chi connectivity index (χ0n) is 9.41. The first-order valence-corrected chi connectivity index (χ1v) is 5.81. The van der Waals surface area contributed by atoms with Gasteiger partial charge < -0.3 is 14.6 Å². The van der Waals surface area contributed by atoms with Crippen molar-refractivity contribution in [2.24, 2.45) is 0 Å². The third kappa shape index (κ3) is 3.91. The molecule has 0 saturated heterocycles. The van der Waals surface area contributed by atoms with Crippen LogP contribution in [-0.2, 0) is 6.42 Å². The monoisotopic (exact) mass is 244 g/mol. The Hall–Kier alpha value is -0.930. The number of rotatable bonds is 7. The van der Waals surface area contributed by atoms with Crippen molar-refractivity contribution in [2.45, 2.75) is 12.8 Å². The summed E-state index contributed by atoms with van der Waals surface area (Å²) >= 11 is 5.57. The van der Waals surface area contributed by atoms with Gasteiger partial charge in [0.15, 0.2) is 11.5 Å². The molecule has 0 bridgehead atoms. The molecule has 1 aromatic rings. The van der Waals surface area contributed by atoms with E-state index in [0.717, 1.165) is 12.0 Å². The minimum absolute atomic E-state index is 0.135. The fourth-order valence-electron chi connectivity index (χ4n) is 1.35. The van der Waals surface area contributed by atoms with E-state index < -0.39 is 0 Å². The smallest absolute Gasteiger partial charge is 0.161 e. The van der Waals surface area contributed by atoms with Crippen molar-refractivity contribution in [1.29, 1.82) is 0 Å². The van der Waals surface area contributed by atoms with Gasteiger partial charge in [0, 0.05) is 12.5 Å². The summed E-state index contributed by atoms with van der Waals surface area (Å²) in [5.74, 6) is 2.00. The maximum Gasteiger partial charge on any atom is 0.161 e. The van der Waals surface area contributed by atoms with E-state index in [2.05, 4.69) is 0 Å². The molecule has 0 amide bonds.